The number of aliphatic hydroxyl groups excluding tert-OH is 8. The molecular weight excluding hydrogens is 847 g/mol. The van der Waals surface area contributed by atoms with E-state index in [1.54, 1.807) is 0 Å². The van der Waals surface area contributed by atoms with E-state index in [1.807, 2.05) is 0 Å². The minimum absolute atomic E-state index is 0.203. The molecule has 0 saturated carbocycles. The van der Waals surface area contributed by atoms with Crippen molar-refractivity contribution in [3.05, 3.63) is 0 Å². The van der Waals surface area contributed by atoms with Crippen LogP contribution in [0.25, 0.3) is 0 Å². The fourth-order valence-electron chi connectivity index (χ4n) is 9.36. The van der Waals surface area contributed by atoms with Crippen LogP contribution in [0.4, 0.5) is 0 Å². The normalized spacial score (nSPS) is 26.7. The number of carbonyl (C=O) groups excluding carboxylic acids is 1. The lowest BCUT2D eigenvalue weighted by Gasteiger charge is -2.46. The Morgan fingerprint density at radius 2 is 0.864 bits per heavy atom. The Hall–Kier alpha value is -1.01. The van der Waals surface area contributed by atoms with E-state index in [4.69, 9.17) is 18.9 Å². The summed E-state index contributed by atoms with van der Waals surface area (Å²) in [5, 5.41) is 87.0. The van der Waals surface area contributed by atoms with Crippen molar-refractivity contribution in [3.8, 4) is 0 Å². The molecular formula is C52H101NO13. The molecule has 9 N–H and O–H groups in total. The molecule has 14 nitrogen and oxygen atoms in total. The zero-order valence-corrected chi connectivity index (χ0v) is 41.7. The summed E-state index contributed by atoms with van der Waals surface area (Å²) in [6.07, 6.45) is 23.8. The van der Waals surface area contributed by atoms with Crippen LogP contribution in [-0.2, 0) is 23.7 Å². The van der Waals surface area contributed by atoms with Gasteiger partial charge in [0.1, 0.15) is 48.8 Å². The maximum absolute atomic E-state index is 13.2. The lowest BCUT2D eigenvalue weighted by atomic mass is 9.97. The van der Waals surface area contributed by atoms with Gasteiger partial charge in [-0.2, -0.15) is 0 Å². The van der Waals surface area contributed by atoms with Crippen LogP contribution >= 0.6 is 0 Å². The molecule has 0 aromatic heterocycles. The molecule has 0 spiro atoms. The molecule has 0 radical (unpaired) electrons. The molecule has 0 aliphatic carbocycles. The highest BCUT2D eigenvalue weighted by Gasteiger charge is 2.51. The van der Waals surface area contributed by atoms with Crippen molar-refractivity contribution in [1.29, 1.82) is 0 Å². The average molecular weight is 948 g/mol. The fourth-order valence-corrected chi connectivity index (χ4v) is 9.36. The molecule has 66 heavy (non-hydrogen) atoms. The summed E-state index contributed by atoms with van der Waals surface area (Å²) in [5.74, 6) is -0.203. The van der Waals surface area contributed by atoms with E-state index in [1.165, 1.54) is 154 Å². The van der Waals surface area contributed by atoms with Gasteiger partial charge in [-0.3, -0.25) is 4.79 Å². The Labute approximate surface area is 400 Å². The SMILES string of the molecule is CCCCCCCCCCCCCCCCCCCCC(O)C(COC1OC(CO)C(OC2OC(CO)C(O)C(O)C2O)C(O)C1O)NC(=O)CCCCCCCCCCCCCCCC. The van der Waals surface area contributed by atoms with Crippen molar-refractivity contribution in [3.63, 3.8) is 0 Å². The molecule has 0 aromatic carbocycles. The monoisotopic (exact) mass is 948 g/mol. The fraction of sp³-hybridized carbons (Fsp3) is 0.981. The van der Waals surface area contributed by atoms with E-state index < -0.39 is 86.8 Å². The number of hydrogen-bond acceptors (Lipinski definition) is 13. The Kier molecular flexibility index (Phi) is 36.7. The zero-order valence-electron chi connectivity index (χ0n) is 41.7. The molecule has 14 heteroatoms. The van der Waals surface area contributed by atoms with E-state index in [-0.39, 0.29) is 12.5 Å². The van der Waals surface area contributed by atoms with Gasteiger partial charge in [0.2, 0.25) is 5.91 Å². The largest absolute Gasteiger partial charge is 0.394 e. The van der Waals surface area contributed by atoms with Crippen LogP contribution in [0.3, 0.4) is 0 Å². The quantitative estimate of drug-likeness (QED) is 0.0267. The van der Waals surface area contributed by atoms with Crippen molar-refractivity contribution in [2.24, 2.45) is 0 Å². The molecule has 1 amide bonds. The first-order valence-corrected chi connectivity index (χ1v) is 27.3. The van der Waals surface area contributed by atoms with Crippen LogP contribution in [0, 0.1) is 0 Å². The van der Waals surface area contributed by atoms with Crippen LogP contribution in [0.15, 0.2) is 0 Å². The van der Waals surface area contributed by atoms with Crippen molar-refractivity contribution < 1.29 is 64.6 Å². The van der Waals surface area contributed by atoms with E-state index in [9.17, 15) is 45.6 Å². The Balaban J connectivity index is 1.80. The zero-order chi connectivity index (χ0) is 48.2. The first-order valence-electron chi connectivity index (χ1n) is 27.3. The van der Waals surface area contributed by atoms with Crippen LogP contribution in [0.2, 0.25) is 0 Å². The summed E-state index contributed by atoms with van der Waals surface area (Å²) >= 11 is 0. The average Bonchev–Trinajstić information content (AvgIpc) is 3.31. The predicted octanol–water partition coefficient (Wildman–Crippen LogP) is 7.78. The van der Waals surface area contributed by atoms with Gasteiger partial charge < -0.3 is 65.1 Å². The minimum Gasteiger partial charge on any atom is -0.394 e. The summed E-state index contributed by atoms with van der Waals surface area (Å²) in [6, 6.07) is -0.821. The number of aliphatic hydroxyl groups is 8. The maximum Gasteiger partial charge on any atom is 0.220 e. The molecule has 0 bridgehead atoms. The van der Waals surface area contributed by atoms with Gasteiger partial charge in [-0.15, -0.1) is 0 Å². The number of carbonyl (C=O) groups is 1. The molecule has 2 heterocycles. The van der Waals surface area contributed by atoms with Crippen molar-refractivity contribution in [2.45, 2.75) is 306 Å². The van der Waals surface area contributed by atoms with Gasteiger partial charge in [-0.1, -0.05) is 213 Å². The third kappa shape index (κ3) is 26.3. The third-order valence-electron chi connectivity index (χ3n) is 13.8. The molecule has 2 fully saturated rings. The van der Waals surface area contributed by atoms with Crippen LogP contribution in [0.5, 0.6) is 0 Å². The van der Waals surface area contributed by atoms with Gasteiger partial charge in [0.05, 0.1) is 32.0 Å². The first kappa shape index (κ1) is 61.1. The van der Waals surface area contributed by atoms with Gasteiger partial charge in [0.25, 0.3) is 0 Å². The topological polar surface area (TPSA) is 228 Å². The number of rotatable bonds is 43. The van der Waals surface area contributed by atoms with Crippen LogP contribution in [0.1, 0.15) is 232 Å². The number of hydrogen-bond donors (Lipinski definition) is 9. The lowest BCUT2D eigenvalue weighted by Crippen LogP contribution is -2.65. The van der Waals surface area contributed by atoms with Gasteiger partial charge in [0.15, 0.2) is 12.6 Å². The second-order valence-corrected chi connectivity index (χ2v) is 19.7. The molecule has 2 saturated heterocycles. The Morgan fingerprint density at radius 3 is 1.29 bits per heavy atom. The number of amides is 1. The van der Waals surface area contributed by atoms with Crippen LogP contribution < -0.4 is 5.32 Å². The second-order valence-electron chi connectivity index (χ2n) is 19.7. The van der Waals surface area contributed by atoms with E-state index in [0.717, 1.165) is 51.4 Å². The number of unbranched alkanes of at least 4 members (excludes halogenated alkanes) is 30. The second kappa shape index (κ2) is 39.7. The lowest BCUT2D eigenvalue weighted by molar-refractivity contribution is -0.359. The van der Waals surface area contributed by atoms with E-state index in [0.29, 0.717) is 12.8 Å². The Bertz CT molecular complexity index is 1120. The predicted molar refractivity (Wildman–Crippen MR) is 259 cm³/mol. The molecule has 2 aliphatic heterocycles. The molecule has 2 aliphatic rings. The summed E-state index contributed by atoms with van der Waals surface area (Å²) in [4.78, 5) is 13.2. The number of nitrogens with one attached hydrogen (secondary N) is 1. The highest BCUT2D eigenvalue weighted by Crippen LogP contribution is 2.30. The summed E-state index contributed by atoms with van der Waals surface area (Å²) in [7, 11) is 0. The van der Waals surface area contributed by atoms with Gasteiger partial charge in [-0.25, -0.2) is 0 Å². The van der Waals surface area contributed by atoms with E-state index >= 15 is 0 Å². The van der Waals surface area contributed by atoms with Crippen molar-refractivity contribution in [1.82, 2.24) is 5.32 Å². The Morgan fingerprint density at radius 1 is 0.485 bits per heavy atom. The molecule has 392 valence electrons. The molecule has 12 unspecified atom stereocenters. The standard InChI is InChI=1S/C52H101NO13/c1-3-5-7-9-11-13-15-17-19-20-21-22-23-25-27-29-31-33-35-41(56)40(53-44(57)36-34-32-30-28-26-24-18-16-14-12-10-8-6-4-2)39-63-51-49(62)47(60)50(43(38-55)65-51)66-52-48(61)46(59)45(58)42(37-54)64-52/h40-43,45-52,54-56,58-62H,3-39H2,1-2H3,(H,53,57). The third-order valence-corrected chi connectivity index (χ3v) is 13.8. The molecule has 12 atom stereocenters. The van der Waals surface area contributed by atoms with E-state index in [2.05, 4.69) is 19.2 Å². The van der Waals surface area contributed by atoms with Crippen molar-refractivity contribution in [2.75, 3.05) is 19.8 Å². The summed E-state index contributed by atoms with van der Waals surface area (Å²) in [5.41, 5.74) is 0. The molecule has 0 aromatic rings. The molecule has 2 rings (SSSR count). The summed E-state index contributed by atoms with van der Waals surface area (Å²) < 4.78 is 22.8. The minimum atomic E-state index is -1.78. The summed E-state index contributed by atoms with van der Waals surface area (Å²) in [6.45, 7) is 2.87. The first-order chi connectivity index (χ1) is 32.1. The smallest absolute Gasteiger partial charge is 0.220 e. The van der Waals surface area contributed by atoms with Gasteiger partial charge in [0, 0.05) is 6.42 Å². The highest BCUT2D eigenvalue weighted by atomic mass is 16.7. The maximum atomic E-state index is 13.2. The van der Waals surface area contributed by atoms with Gasteiger partial charge >= 0.3 is 0 Å². The van der Waals surface area contributed by atoms with Gasteiger partial charge in [-0.05, 0) is 12.8 Å². The van der Waals surface area contributed by atoms with Crippen LogP contribution in [-0.4, -0.2) is 140 Å². The number of ether oxygens (including phenoxy) is 4. The van der Waals surface area contributed by atoms with Crippen molar-refractivity contribution >= 4 is 5.91 Å². The highest BCUT2D eigenvalue weighted by molar-refractivity contribution is 5.76.